The fraction of sp³-hybridized carbons (Fsp3) is 0.462. The van der Waals surface area contributed by atoms with E-state index in [1.807, 2.05) is 13.8 Å². The maximum atomic E-state index is 13.1. The van der Waals surface area contributed by atoms with E-state index in [1.54, 1.807) is 13.0 Å². The second-order valence-electron chi connectivity index (χ2n) is 4.37. The van der Waals surface area contributed by atoms with Gasteiger partial charge < -0.3 is 10.4 Å². The zero-order chi connectivity index (χ0) is 13.7. The Kier molecular flexibility index (Phi) is 5.62. The fourth-order valence-corrected chi connectivity index (χ4v) is 2.41. The molecule has 0 unspecified atom stereocenters. The zero-order valence-electron chi connectivity index (χ0n) is 10.7. The van der Waals surface area contributed by atoms with E-state index in [-0.39, 0.29) is 23.5 Å². The van der Waals surface area contributed by atoms with Crippen LogP contribution in [0.4, 0.5) is 4.39 Å². The smallest absolute Gasteiger partial charge is 0.230 e. The summed E-state index contributed by atoms with van der Waals surface area (Å²) < 4.78 is 13.1. The lowest BCUT2D eigenvalue weighted by Crippen LogP contribution is -2.31. The molecule has 0 aliphatic heterocycles. The van der Waals surface area contributed by atoms with Crippen molar-refractivity contribution in [2.45, 2.75) is 37.8 Å². The van der Waals surface area contributed by atoms with Gasteiger partial charge in [0.1, 0.15) is 5.82 Å². The Morgan fingerprint density at radius 2 is 2.11 bits per heavy atom. The molecule has 0 aliphatic rings. The highest BCUT2D eigenvalue weighted by Gasteiger charge is 2.12. The number of aliphatic hydroxyl groups excluding tert-OH is 1. The molecular weight excluding hydrogens is 253 g/mol. The van der Waals surface area contributed by atoms with Gasteiger partial charge in [-0.25, -0.2) is 4.39 Å². The summed E-state index contributed by atoms with van der Waals surface area (Å²) in [6.45, 7) is 5.36. The van der Waals surface area contributed by atoms with Crippen LogP contribution in [0.25, 0.3) is 0 Å². The molecule has 0 heterocycles. The van der Waals surface area contributed by atoms with Gasteiger partial charge in [-0.1, -0.05) is 0 Å². The van der Waals surface area contributed by atoms with E-state index >= 15 is 0 Å². The standard InChI is InChI=1S/C13H18FNO2S/c1-8(2)15-13(17)7-18-12-5-4-10(14)6-11(12)9(3)16/h4-6,8-9,16H,7H2,1-3H3,(H,15,17)/t9-/m1/s1. The number of amides is 1. The molecule has 1 aromatic rings. The number of carbonyl (C=O) groups is 1. The molecular formula is C13H18FNO2S. The number of aliphatic hydroxyl groups is 1. The van der Waals surface area contributed by atoms with Crippen molar-refractivity contribution in [3.8, 4) is 0 Å². The highest BCUT2D eigenvalue weighted by Crippen LogP contribution is 2.28. The lowest BCUT2D eigenvalue weighted by Gasteiger charge is -2.12. The number of hydrogen-bond acceptors (Lipinski definition) is 3. The summed E-state index contributed by atoms with van der Waals surface area (Å²) in [5, 5.41) is 12.3. The third-order valence-corrected chi connectivity index (χ3v) is 3.32. The molecule has 0 aromatic heterocycles. The Labute approximate surface area is 111 Å². The second kappa shape index (κ2) is 6.75. The van der Waals surface area contributed by atoms with Crippen LogP contribution in [0.15, 0.2) is 23.1 Å². The van der Waals surface area contributed by atoms with Gasteiger partial charge in [-0.3, -0.25) is 4.79 Å². The number of hydrogen-bond donors (Lipinski definition) is 2. The first-order chi connectivity index (χ1) is 8.40. The van der Waals surface area contributed by atoms with Crippen molar-refractivity contribution in [3.05, 3.63) is 29.6 Å². The van der Waals surface area contributed by atoms with Crippen LogP contribution in [0.1, 0.15) is 32.4 Å². The van der Waals surface area contributed by atoms with Crippen LogP contribution >= 0.6 is 11.8 Å². The summed E-state index contributed by atoms with van der Waals surface area (Å²) in [5.41, 5.74) is 0.511. The van der Waals surface area contributed by atoms with E-state index in [0.717, 1.165) is 4.90 Å². The first-order valence-electron chi connectivity index (χ1n) is 5.80. The van der Waals surface area contributed by atoms with Gasteiger partial charge in [0, 0.05) is 10.9 Å². The molecule has 0 saturated carbocycles. The van der Waals surface area contributed by atoms with E-state index in [4.69, 9.17) is 0 Å². The summed E-state index contributed by atoms with van der Waals surface area (Å²) in [6.07, 6.45) is -0.753. The van der Waals surface area contributed by atoms with Gasteiger partial charge >= 0.3 is 0 Å². The van der Waals surface area contributed by atoms with Crippen LogP contribution in [-0.2, 0) is 4.79 Å². The van der Waals surface area contributed by atoms with E-state index in [0.29, 0.717) is 5.56 Å². The number of carbonyl (C=O) groups excluding carboxylic acids is 1. The topological polar surface area (TPSA) is 49.3 Å². The summed E-state index contributed by atoms with van der Waals surface area (Å²) in [6, 6.07) is 4.31. The van der Waals surface area contributed by atoms with Crippen LogP contribution in [0.2, 0.25) is 0 Å². The van der Waals surface area contributed by atoms with Crippen molar-refractivity contribution >= 4 is 17.7 Å². The summed E-state index contributed by atoms with van der Waals surface area (Å²) in [7, 11) is 0. The predicted molar refractivity (Wildman–Crippen MR) is 71.0 cm³/mol. The molecule has 1 atom stereocenters. The second-order valence-corrected chi connectivity index (χ2v) is 5.39. The maximum Gasteiger partial charge on any atom is 0.230 e. The Balaban J connectivity index is 2.70. The number of halogens is 1. The largest absolute Gasteiger partial charge is 0.389 e. The molecule has 0 fully saturated rings. The first-order valence-corrected chi connectivity index (χ1v) is 6.78. The van der Waals surface area contributed by atoms with E-state index < -0.39 is 6.10 Å². The van der Waals surface area contributed by atoms with Crippen molar-refractivity contribution in [1.29, 1.82) is 0 Å². The van der Waals surface area contributed by atoms with Gasteiger partial charge in [0.15, 0.2) is 0 Å². The summed E-state index contributed by atoms with van der Waals surface area (Å²) >= 11 is 1.30. The Morgan fingerprint density at radius 1 is 1.44 bits per heavy atom. The minimum absolute atomic E-state index is 0.0733. The minimum Gasteiger partial charge on any atom is -0.389 e. The van der Waals surface area contributed by atoms with Gasteiger partial charge in [0.25, 0.3) is 0 Å². The highest BCUT2D eigenvalue weighted by atomic mass is 32.2. The lowest BCUT2D eigenvalue weighted by atomic mass is 10.1. The van der Waals surface area contributed by atoms with Crippen molar-refractivity contribution in [1.82, 2.24) is 5.32 Å². The minimum atomic E-state index is -0.753. The summed E-state index contributed by atoms with van der Waals surface area (Å²) in [5.74, 6) is -0.207. The Morgan fingerprint density at radius 3 is 2.67 bits per heavy atom. The molecule has 0 radical (unpaired) electrons. The van der Waals surface area contributed by atoms with Gasteiger partial charge in [-0.15, -0.1) is 11.8 Å². The molecule has 1 aromatic carbocycles. The molecule has 18 heavy (non-hydrogen) atoms. The third-order valence-electron chi connectivity index (χ3n) is 2.23. The SMILES string of the molecule is CC(C)NC(=O)CSc1ccc(F)cc1[C@@H](C)O. The van der Waals surface area contributed by atoms with Crippen molar-refractivity contribution in [3.63, 3.8) is 0 Å². The summed E-state index contributed by atoms with van der Waals surface area (Å²) in [4.78, 5) is 12.2. The lowest BCUT2D eigenvalue weighted by molar-refractivity contribution is -0.119. The normalized spacial score (nSPS) is 12.6. The fourth-order valence-electron chi connectivity index (χ4n) is 1.48. The van der Waals surface area contributed by atoms with Crippen LogP contribution in [0, 0.1) is 5.82 Å². The van der Waals surface area contributed by atoms with Gasteiger partial charge in [0.2, 0.25) is 5.91 Å². The molecule has 5 heteroatoms. The Hall–Kier alpha value is -1.07. The number of benzene rings is 1. The van der Waals surface area contributed by atoms with E-state index in [9.17, 15) is 14.3 Å². The van der Waals surface area contributed by atoms with Gasteiger partial charge in [0.05, 0.1) is 11.9 Å². The van der Waals surface area contributed by atoms with Crippen LogP contribution < -0.4 is 5.32 Å². The molecule has 0 spiro atoms. The molecule has 1 rings (SSSR count). The van der Waals surface area contributed by atoms with Crippen LogP contribution in [0.5, 0.6) is 0 Å². The first kappa shape index (κ1) is 15.0. The van der Waals surface area contributed by atoms with Gasteiger partial charge in [-0.05, 0) is 44.5 Å². The van der Waals surface area contributed by atoms with Crippen molar-refractivity contribution < 1.29 is 14.3 Å². The van der Waals surface area contributed by atoms with E-state index in [1.165, 1.54) is 23.9 Å². The Bertz CT molecular complexity index is 421. The van der Waals surface area contributed by atoms with Crippen molar-refractivity contribution in [2.24, 2.45) is 0 Å². The molecule has 0 aliphatic carbocycles. The molecule has 100 valence electrons. The number of thioether (sulfide) groups is 1. The molecule has 2 N–H and O–H groups in total. The molecule has 3 nitrogen and oxygen atoms in total. The van der Waals surface area contributed by atoms with Gasteiger partial charge in [-0.2, -0.15) is 0 Å². The van der Waals surface area contributed by atoms with E-state index in [2.05, 4.69) is 5.32 Å². The van der Waals surface area contributed by atoms with Crippen molar-refractivity contribution in [2.75, 3.05) is 5.75 Å². The molecule has 0 bridgehead atoms. The average molecular weight is 271 g/mol. The number of nitrogens with one attached hydrogen (secondary N) is 1. The van der Waals surface area contributed by atoms with Crippen LogP contribution in [0.3, 0.4) is 0 Å². The zero-order valence-corrected chi connectivity index (χ0v) is 11.6. The number of rotatable bonds is 5. The third kappa shape index (κ3) is 4.66. The highest BCUT2D eigenvalue weighted by molar-refractivity contribution is 8.00. The predicted octanol–water partition coefficient (Wildman–Crippen LogP) is 2.50. The molecule has 0 saturated heterocycles. The quantitative estimate of drug-likeness (QED) is 0.809. The average Bonchev–Trinajstić information content (AvgIpc) is 2.26. The van der Waals surface area contributed by atoms with Crippen LogP contribution in [-0.4, -0.2) is 22.8 Å². The monoisotopic (exact) mass is 271 g/mol. The molecule has 1 amide bonds. The maximum absolute atomic E-state index is 13.1.